The van der Waals surface area contributed by atoms with Crippen LogP contribution in [0.1, 0.15) is 24.8 Å². The van der Waals surface area contributed by atoms with Crippen molar-refractivity contribution in [2.24, 2.45) is 5.92 Å². The first-order chi connectivity index (χ1) is 7.84. The number of hydrogen-bond acceptors (Lipinski definition) is 2. The van der Waals surface area contributed by atoms with E-state index in [1.165, 1.54) is 0 Å². The maximum Gasteiger partial charge on any atom is 0.220 e. The zero-order chi connectivity index (χ0) is 11.2. The SMILES string of the molecule is O=C(C[C@@H]1C=CCC1)NCc1cccnc1. The minimum Gasteiger partial charge on any atom is -0.352 e. The smallest absolute Gasteiger partial charge is 0.220 e. The van der Waals surface area contributed by atoms with Gasteiger partial charge in [-0.2, -0.15) is 0 Å². The van der Waals surface area contributed by atoms with Crippen molar-refractivity contribution in [3.63, 3.8) is 0 Å². The van der Waals surface area contributed by atoms with Gasteiger partial charge in [-0.1, -0.05) is 18.2 Å². The highest BCUT2D eigenvalue weighted by Gasteiger charge is 2.13. The van der Waals surface area contributed by atoms with Gasteiger partial charge < -0.3 is 5.32 Å². The molecular formula is C13H16N2O. The highest BCUT2D eigenvalue weighted by atomic mass is 16.1. The van der Waals surface area contributed by atoms with Crippen LogP contribution in [0, 0.1) is 5.92 Å². The zero-order valence-corrected chi connectivity index (χ0v) is 9.23. The van der Waals surface area contributed by atoms with Gasteiger partial charge in [-0.25, -0.2) is 0 Å². The minimum atomic E-state index is 0.125. The van der Waals surface area contributed by atoms with Crippen LogP contribution in [0.15, 0.2) is 36.7 Å². The lowest BCUT2D eigenvalue weighted by Gasteiger charge is -2.08. The molecule has 1 heterocycles. The van der Waals surface area contributed by atoms with Crippen molar-refractivity contribution < 1.29 is 4.79 Å². The average Bonchev–Trinajstić information content (AvgIpc) is 2.81. The topological polar surface area (TPSA) is 42.0 Å². The summed E-state index contributed by atoms with van der Waals surface area (Å²) in [5, 5.41) is 2.91. The first kappa shape index (κ1) is 10.9. The van der Waals surface area contributed by atoms with Crippen molar-refractivity contribution in [2.45, 2.75) is 25.8 Å². The predicted molar refractivity (Wildman–Crippen MR) is 62.6 cm³/mol. The van der Waals surface area contributed by atoms with E-state index in [0.29, 0.717) is 18.9 Å². The molecule has 84 valence electrons. The molecule has 0 spiro atoms. The number of nitrogens with zero attached hydrogens (tertiary/aromatic N) is 1. The van der Waals surface area contributed by atoms with Crippen LogP contribution in [-0.4, -0.2) is 10.9 Å². The van der Waals surface area contributed by atoms with Crippen LogP contribution in [0.2, 0.25) is 0 Å². The summed E-state index contributed by atoms with van der Waals surface area (Å²) in [4.78, 5) is 15.6. The molecule has 1 aliphatic carbocycles. The van der Waals surface area contributed by atoms with E-state index in [0.717, 1.165) is 18.4 Å². The molecular weight excluding hydrogens is 200 g/mol. The summed E-state index contributed by atoms with van der Waals surface area (Å²) in [6, 6.07) is 3.84. The summed E-state index contributed by atoms with van der Waals surface area (Å²) < 4.78 is 0. The van der Waals surface area contributed by atoms with Gasteiger partial charge in [0.15, 0.2) is 0 Å². The number of aromatic nitrogens is 1. The number of hydrogen-bond donors (Lipinski definition) is 1. The van der Waals surface area contributed by atoms with Gasteiger partial charge in [0, 0.05) is 25.4 Å². The second-order valence-corrected chi connectivity index (χ2v) is 4.11. The van der Waals surface area contributed by atoms with Crippen LogP contribution in [0.25, 0.3) is 0 Å². The molecule has 0 fully saturated rings. The fourth-order valence-corrected chi connectivity index (χ4v) is 1.88. The summed E-state index contributed by atoms with van der Waals surface area (Å²) in [6.45, 7) is 0.573. The van der Waals surface area contributed by atoms with Gasteiger partial charge >= 0.3 is 0 Å². The fraction of sp³-hybridized carbons (Fsp3) is 0.385. The van der Waals surface area contributed by atoms with E-state index >= 15 is 0 Å². The van der Waals surface area contributed by atoms with E-state index in [1.54, 1.807) is 12.4 Å². The van der Waals surface area contributed by atoms with Crippen LogP contribution in [0.4, 0.5) is 0 Å². The normalized spacial score (nSPS) is 18.6. The van der Waals surface area contributed by atoms with Gasteiger partial charge in [-0.3, -0.25) is 9.78 Å². The molecule has 0 radical (unpaired) electrons. The second kappa shape index (κ2) is 5.45. The molecule has 16 heavy (non-hydrogen) atoms. The highest BCUT2D eigenvalue weighted by Crippen LogP contribution is 2.19. The highest BCUT2D eigenvalue weighted by molar-refractivity contribution is 5.76. The molecule has 0 bridgehead atoms. The molecule has 1 amide bonds. The lowest BCUT2D eigenvalue weighted by Crippen LogP contribution is -2.24. The molecule has 3 nitrogen and oxygen atoms in total. The van der Waals surface area contributed by atoms with E-state index < -0.39 is 0 Å². The molecule has 1 atom stereocenters. The Bertz CT molecular complexity index is 373. The minimum absolute atomic E-state index is 0.125. The Morgan fingerprint density at radius 2 is 2.50 bits per heavy atom. The molecule has 0 aliphatic heterocycles. The predicted octanol–water partition coefficient (Wildman–Crippen LogP) is 2.05. The first-order valence-electron chi connectivity index (χ1n) is 5.67. The van der Waals surface area contributed by atoms with E-state index in [9.17, 15) is 4.79 Å². The van der Waals surface area contributed by atoms with Crippen molar-refractivity contribution in [3.05, 3.63) is 42.2 Å². The second-order valence-electron chi connectivity index (χ2n) is 4.11. The van der Waals surface area contributed by atoms with Gasteiger partial charge in [-0.05, 0) is 30.4 Å². The third-order valence-electron chi connectivity index (χ3n) is 2.77. The molecule has 0 unspecified atom stereocenters. The van der Waals surface area contributed by atoms with E-state index in [1.807, 2.05) is 12.1 Å². The zero-order valence-electron chi connectivity index (χ0n) is 9.23. The lowest BCUT2D eigenvalue weighted by atomic mass is 10.1. The van der Waals surface area contributed by atoms with Crippen LogP contribution < -0.4 is 5.32 Å². The molecule has 1 N–H and O–H groups in total. The van der Waals surface area contributed by atoms with Crippen LogP contribution in [-0.2, 0) is 11.3 Å². The Morgan fingerprint density at radius 3 is 3.19 bits per heavy atom. The Morgan fingerprint density at radius 1 is 1.56 bits per heavy atom. The monoisotopic (exact) mass is 216 g/mol. The maximum atomic E-state index is 11.6. The van der Waals surface area contributed by atoms with Gasteiger partial charge in [0.25, 0.3) is 0 Å². The summed E-state index contributed by atoms with van der Waals surface area (Å²) in [5.74, 6) is 0.564. The van der Waals surface area contributed by atoms with Crippen molar-refractivity contribution in [1.29, 1.82) is 0 Å². The van der Waals surface area contributed by atoms with Gasteiger partial charge in [-0.15, -0.1) is 0 Å². The summed E-state index contributed by atoms with van der Waals surface area (Å²) in [5.41, 5.74) is 1.04. The standard InChI is InChI=1S/C13H16N2O/c16-13(8-11-4-1-2-5-11)15-10-12-6-3-7-14-9-12/h1,3-4,6-7,9,11H,2,5,8,10H2,(H,15,16)/t11-/m1/s1. The average molecular weight is 216 g/mol. The third kappa shape index (κ3) is 3.19. The van der Waals surface area contributed by atoms with E-state index in [2.05, 4.69) is 22.5 Å². The molecule has 3 heteroatoms. The lowest BCUT2D eigenvalue weighted by molar-refractivity contribution is -0.121. The van der Waals surface area contributed by atoms with Crippen molar-refractivity contribution in [2.75, 3.05) is 0 Å². The number of carbonyl (C=O) groups is 1. The number of nitrogens with one attached hydrogen (secondary N) is 1. The van der Waals surface area contributed by atoms with Crippen molar-refractivity contribution >= 4 is 5.91 Å². The fourth-order valence-electron chi connectivity index (χ4n) is 1.88. The molecule has 1 aromatic rings. The van der Waals surface area contributed by atoms with Crippen molar-refractivity contribution in [3.8, 4) is 0 Å². The quantitative estimate of drug-likeness (QED) is 0.783. The Hall–Kier alpha value is -1.64. The van der Waals surface area contributed by atoms with Crippen LogP contribution in [0.5, 0.6) is 0 Å². The molecule has 2 rings (SSSR count). The van der Waals surface area contributed by atoms with E-state index in [4.69, 9.17) is 0 Å². The third-order valence-corrected chi connectivity index (χ3v) is 2.77. The van der Waals surface area contributed by atoms with Gasteiger partial charge in [0.2, 0.25) is 5.91 Å². The molecule has 0 aromatic carbocycles. The first-order valence-corrected chi connectivity index (χ1v) is 5.67. The molecule has 0 saturated carbocycles. The van der Waals surface area contributed by atoms with Crippen LogP contribution >= 0.6 is 0 Å². The summed E-state index contributed by atoms with van der Waals surface area (Å²) in [6.07, 6.45) is 10.6. The maximum absolute atomic E-state index is 11.6. The molecule has 1 aliphatic rings. The Labute approximate surface area is 95.6 Å². The van der Waals surface area contributed by atoms with Crippen LogP contribution in [0.3, 0.4) is 0 Å². The Balaban J connectivity index is 1.73. The number of allylic oxidation sites excluding steroid dienone is 2. The molecule has 1 aromatic heterocycles. The molecule has 0 saturated heterocycles. The number of pyridine rings is 1. The number of rotatable bonds is 4. The van der Waals surface area contributed by atoms with Crippen molar-refractivity contribution in [1.82, 2.24) is 10.3 Å². The number of amides is 1. The Kier molecular flexibility index (Phi) is 3.70. The number of carbonyl (C=O) groups excluding carboxylic acids is 1. The van der Waals surface area contributed by atoms with E-state index in [-0.39, 0.29) is 5.91 Å². The largest absolute Gasteiger partial charge is 0.352 e. The van der Waals surface area contributed by atoms with Gasteiger partial charge in [0.05, 0.1) is 0 Å². The summed E-state index contributed by atoms with van der Waals surface area (Å²) >= 11 is 0. The van der Waals surface area contributed by atoms with Gasteiger partial charge in [0.1, 0.15) is 0 Å². The summed E-state index contributed by atoms with van der Waals surface area (Å²) in [7, 11) is 0.